The summed E-state index contributed by atoms with van der Waals surface area (Å²) in [4.78, 5) is 21.5. The van der Waals surface area contributed by atoms with Crippen molar-refractivity contribution < 1.29 is 18.8 Å². The molecule has 18 heavy (non-hydrogen) atoms. The highest BCUT2D eigenvalue weighted by Gasteiger charge is 2.48. The molecule has 0 fully saturated rings. The first-order valence-corrected chi connectivity index (χ1v) is 7.79. The molecule has 0 aromatic carbocycles. The van der Waals surface area contributed by atoms with Crippen molar-refractivity contribution in [2.45, 2.75) is 72.3 Å². The van der Waals surface area contributed by atoms with Crippen molar-refractivity contribution in [3.8, 4) is 0 Å². The minimum Gasteiger partial charge on any atom is -0.296 e. The van der Waals surface area contributed by atoms with Gasteiger partial charge in [0.05, 0.1) is 0 Å². The Balaban J connectivity index is 5.11. The van der Waals surface area contributed by atoms with Crippen LogP contribution in [0.2, 0.25) is 0 Å². The lowest BCUT2D eigenvalue weighted by Crippen LogP contribution is -2.45. The lowest BCUT2D eigenvalue weighted by Gasteiger charge is -2.34. The molecule has 0 saturated carbocycles. The highest BCUT2D eigenvalue weighted by molar-refractivity contribution is 7.32. The molecule has 0 aliphatic heterocycles. The molecular weight excluding hydrogens is 251 g/mol. The molecule has 1 unspecified atom stereocenters. The zero-order valence-corrected chi connectivity index (χ0v) is 13.0. The first kappa shape index (κ1) is 17.7. The van der Waals surface area contributed by atoms with Gasteiger partial charge < -0.3 is 0 Å². The van der Waals surface area contributed by atoms with E-state index in [1.807, 2.05) is 13.8 Å². The number of ketones is 1. The Labute approximate surface area is 111 Å². The number of carbonyl (C=O) groups excluding carboxylic acids is 1. The van der Waals surface area contributed by atoms with Crippen molar-refractivity contribution >= 4 is 14.0 Å². The molecule has 5 heteroatoms. The Bertz CT molecular complexity index is 295. The maximum atomic E-state index is 12.6. The van der Waals surface area contributed by atoms with E-state index >= 15 is 0 Å². The van der Waals surface area contributed by atoms with Crippen molar-refractivity contribution in [3.05, 3.63) is 0 Å². The molecule has 0 heterocycles. The minimum atomic E-state index is -2.76. The van der Waals surface area contributed by atoms with Crippen LogP contribution in [0.1, 0.15) is 66.7 Å². The van der Waals surface area contributed by atoms with Crippen LogP contribution in [0.3, 0.4) is 0 Å². The standard InChI is InChI=1S/C13H25O4P/c1-6-9-10-13(7-2,8-3)11(14)12(4,5)17-18(15)16/h6-10H2,1-5H3/p+1. The molecule has 0 bridgehead atoms. The van der Waals surface area contributed by atoms with Gasteiger partial charge in [-0.2, -0.15) is 0 Å². The van der Waals surface area contributed by atoms with Gasteiger partial charge >= 0.3 is 8.25 Å². The van der Waals surface area contributed by atoms with Crippen molar-refractivity contribution in [2.24, 2.45) is 5.41 Å². The lowest BCUT2D eigenvalue weighted by atomic mass is 9.70. The molecular formula is C13H26O4P+. The molecule has 106 valence electrons. The Hall–Kier alpha value is -0.310. The molecule has 0 aliphatic rings. The Kier molecular flexibility index (Phi) is 7.19. The number of rotatable bonds is 9. The van der Waals surface area contributed by atoms with E-state index in [1.54, 1.807) is 13.8 Å². The van der Waals surface area contributed by atoms with E-state index < -0.39 is 19.3 Å². The van der Waals surface area contributed by atoms with Crippen LogP contribution >= 0.6 is 8.25 Å². The first-order valence-electron chi connectivity index (χ1n) is 6.66. The van der Waals surface area contributed by atoms with Gasteiger partial charge in [0.15, 0.2) is 11.4 Å². The van der Waals surface area contributed by atoms with E-state index in [2.05, 4.69) is 6.92 Å². The molecule has 4 nitrogen and oxygen atoms in total. The molecule has 0 amide bonds. The smallest absolute Gasteiger partial charge is 0.296 e. The van der Waals surface area contributed by atoms with Gasteiger partial charge in [-0.3, -0.25) is 4.79 Å². The third kappa shape index (κ3) is 4.42. The van der Waals surface area contributed by atoms with E-state index in [1.165, 1.54) is 0 Å². The minimum absolute atomic E-state index is 0.0640. The van der Waals surface area contributed by atoms with Crippen LogP contribution in [0.4, 0.5) is 0 Å². The van der Waals surface area contributed by atoms with Gasteiger partial charge in [0.2, 0.25) is 0 Å². The van der Waals surface area contributed by atoms with E-state index in [0.717, 1.165) is 32.1 Å². The van der Waals surface area contributed by atoms with Crippen LogP contribution in [-0.2, 0) is 13.9 Å². The van der Waals surface area contributed by atoms with Crippen LogP contribution in [0, 0.1) is 5.41 Å². The maximum Gasteiger partial charge on any atom is 0.695 e. The Morgan fingerprint density at radius 3 is 2.06 bits per heavy atom. The van der Waals surface area contributed by atoms with Crippen LogP contribution in [0.5, 0.6) is 0 Å². The fourth-order valence-electron chi connectivity index (χ4n) is 2.43. The van der Waals surface area contributed by atoms with Crippen molar-refractivity contribution in [1.29, 1.82) is 0 Å². The van der Waals surface area contributed by atoms with Gasteiger partial charge in [-0.1, -0.05) is 33.6 Å². The molecule has 0 spiro atoms. The summed E-state index contributed by atoms with van der Waals surface area (Å²) in [7, 11) is -2.76. The lowest BCUT2D eigenvalue weighted by molar-refractivity contribution is -0.144. The second-order valence-electron chi connectivity index (χ2n) is 5.26. The number of unbranched alkanes of at least 4 members (excludes halogenated alkanes) is 1. The van der Waals surface area contributed by atoms with E-state index in [0.29, 0.717) is 0 Å². The molecule has 1 N–H and O–H groups in total. The third-order valence-electron chi connectivity index (χ3n) is 3.70. The predicted molar refractivity (Wildman–Crippen MR) is 72.5 cm³/mol. The number of Topliss-reactive ketones (excluding diaryl/α,β-unsaturated/α-hetero) is 1. The highest BCUT2D eigenvalue weighted by Crippen LogP contribution is 2.40. The molecule has 0 aliphatic carbocycles. The van der Waals surface area contributed by atoms with Gasteiger partial charge in [0.1, 0.15) is 0 Å². The van der Waals surface area contributed by atoms with Crippen LogP contribution in [0.25, 0.3) is 0 Å². The number of hydrogen-bond acceptors (Lipinski definition) is 3. The SMILES string of the molecule is CCCCC(CC)(CC)C(=O)C(C)(C)O[P+](=O)O. The summed E-state index contributed by atoms with van der Waals surface area (Å²) in [6.07, 6.45) is 4.29. The summed E-state index contributed by atoms with van der Waals surface area (Å²) in [5.74, 6) is -0.0640. The fourth-order valence-corrected chi connectivity index (χ4v) is 2.90. The molecule has 1 atom stereocenters. The summed E-state index contributed by atoms with van der Waals surface area (Å²) < 4.78 is 15.7. The fraction of sp³-hybridized carbons (Fsp3) is 0.923. The molecule has 0 aromatic heterocycles. The largest absolute Gasteiger partial charge is 0.695 e. The van der Waals surface area contributed by atoms with Gasteiger partial charge in [0.25, 0.3) is 0 Å². The molecule has 0 radical (unpaired) electrons. The second kappa shape index (κ2) is 7.32. The normalized spacial score (nSPS) is 13.6. The van der Waals surface area contributed by atoms with E-state index in [9.17, 15) is 9.36 Å². The molecule has 0 saturated heterocycles. The second-order valence-corrected chi connectivity index (χ2v) is 5.92. The highest BCUT2D eigenvalue weighted by atomic mass is 31.1. The zero-order chi connectivity index (χ0) is 14.4. The monoisotopic (exact) mass is 277 g/mol. The summed E-state index contributed by atoms with van der Waals surface area (Å²) in [6, 6.07) is 0. The van der Waals surface area contributed by atoms with Crippen molar-refractivity contribution in [2.75, 3.05) is 0 Å². The van der Waals surface area contributed by atoms with Gasteiger partial charge in [-0.05, 0) is 33.1 Å². The average molecular weight is 277 g/mol. The summed E-state index contributed by atoms with van der Waals surface area (Å²) >= 11 is 0. The van der Waals surface area contributed by atoms with Crippen LogP contribution in [-0.4, -0.2) is 16.3 Å². The zero-order valence-electron chi connectivity index (χ0n) is 12.2. The van der Waals surface area contributed by atoms with Crippen molar-refractivity contribution in [1.82, 2.24) is 0 Å². The third-order valence-corrected chi connectivity index (χ3v) is 4.31. The number of hydrogen-bond donors (Lipinski definition) is 1. The van der Waals surface area contributed by atoms with Gasteiger partial charge in [0, 0.05) is 9.98 Å². The quantitative estimate of drug-likeness (QED) is 0.647. The predicted octanol–water partition coefficient (Wildman–Crippen LogP) is 4.00. The summed E-state index contributed by atoms with van der Waals surface area (Å²) in [5.41, 5.74) is -1.65. The van der Waals surface area contributed by atoms with Gasteiger partial charge in [-0.15, -0.1) is 9.42 Å². The van der Waals surface area contributed by atoms with Crippen LogP contribution < -0.4 is 0 Å². The summed E-state index contributed by atoms with van der Waals surface area (Å²) in [6.45, 7) is 9.22. The summed E-state index contributed by atoms with van der Waals surface area (Å²) in [5, 5.41) is 0. The Morgan fingerprint density at radius 1 is 1.22 bits per heavy atom. The Morgan fingerprint density at radius 2 is 1.72 bits per heavy atom. The van der Waals surface area contributed by atoms with E-state index in [-0.39, 0.29) is 5.78 Å². The van der Waals surface area contributed by atoms with Crippen LogP contribution in [0.15, 0.2) is 0 Å². The molecule has 0 aromatic rings. The van der Waals surface area contributed by atoms with E-state index in [4.69, 9.17) is 9.42 Å². The van der Waals surface area contributed by atoms with Crippen molar-refractivity contribution in [3.63, 3.8) is 0 Å². The number of carbonyl (C=O) groups is 1. The topological polar surface area (TPSA) is 63.6 Å². The average Bonchev–Trinajstić information content (AvgIpc) is 2.29. The maximum absolute atomic E-state index is 12.6. The first-order chi connectivity index (χ1) is 8.25. The van der Waals surface area contributed by atoms with Gasteiger partial charge in [-0.25, -0.2) is 0 Å². The molecule has 0 rings (SSSR count).